The van der Waals surface area contributed by atoms with Crippen LogP contribution in [-0.4, -0.2) is 28.4 Å². The molecule has 0 radical (unpaired) electrons. The quantitative estimate of drug-likeness (QED) is 0.362. The first-order valence-electron chi connectivity index (χ1n) is 10.8. The van der Waals surface area contributed by atoms with Crippen LogP contribution in [0.3, 0.4) is 0 Å². The second-order valence-corrected chi connectivity index (χ2v) is 7.97. The molecular formula is C26H21F6NO3. The van der Waals surface area contributed by atoms with E-state index in [-0.39, 0.29) is 30.1 Å². The Hall–Kier alpha value is -3.82. The molecule has 0 spiro atoms. The van der Waals surface area contributed by atoms with Gasteiger partial charge in [-0.05, 0) is 53.4 Å². The van der Waals surface area contributed by atoms with Crippen LogP contribution < -0.4 is 0 Å². The average Bonchev–Trinajstić information content (AvgIpc) is 2.80. The van der Waals surface area contributed by atoms with Crippen molar-refractivity contribution in [3.63, 3.8) is 0 Å². The van der Waals surface area contributed by atoms with Gasteiger partial charge in [-0.2, -0.15) is 26.3 Å². The summed E-state index contributed by atoms with van der Waals surface area (Å²) in [4.78, 5) is 25.6. The van der Waals surface area contributed by atoms with Gasteiger partial charge in [0.1, 0.15) is 0 Å². The van der Waals surface area contributed by atoms with E-state index >= 15 is 0 Å². The standard InChI is InChI=1S/C26H21F6NO3/c1-2-33(24(36)16-8-4-3-5-9-16)15-17-10-6-7-11-20(17)18-12-19(14-22(34)35)23(26(30,31)32)21(13-18)25(27,28)29/h3-13H,2,14-15H2,1H3,(H,34,35). The molecule has 0 heterocycles. The van der Waals surface area contributed by atoms with Gasteiger partial charge < -0.3 is 10.0 Å². The number of carbonyl (C=O) groups excluding carboxylic acids is 1. The number of amides is 1. The molecule has 3 aromatic rings. The number of alkyl halides is 6. The SMILES string of the molecule is CCN(Cc1ccccc1-c1cc(CC(=O)O)c(C(F)(F)F)c(C(F)(F)F)c1)C(=O)c1ccccc1. The van der Waals surface area contributed by atoms with E-state index in [1.165, 1.54) is 17.0 Å². The van der Waals surface area contributed by atoms with Crippen molar-refractivity contribution in [3.8, 4) is 11.1 Å². The monoisotopic (exact) mass is 509 g/mol. The summed E-state index contributed by atoms with van der Waals surface area (Å²) in [5, 5.41) is 9.09. The molecule has 0 aromatic heterocycles. The highest BCUT2D eigenvalue weighted by Gasteiger charge is 2.45. The van der Waals surface area contributed by atoms with Crippen LogP contribution in [0.15, 0.2) is 66.7 Å². The van der Waals surface area contributed by atoms with Crippen molar-refractivity contribution in [1.82, 2.24) is 4.90 Å². The molecule has 0 unspecified atom stereocenters. The molecule has 0 saturated carbocycles. The number of carboxylic acid groups (broad SMARTS) is 1. The minimum Gasteiger partial charge on any atom is -0.481 e. The molecule has 0 saturated heterocycles. The molecule has 0 aliphatic rings. The Labute approximate surface area is 202 Å². The number of aliphatic carboxylic acids is 1. The first-order valence-corrected chi connectivity index (χ1v) is 10.8. The van der Waals surface area contributed by atoms with E-state index in [4.69, 9.17) is 5.11 Å². The minimum atomic E-state index is -5.42. The largest absolute Gasteiger partial charge is 0.481 e. The van der Waals surface area contributed by atoms with Gasteiger partial charge in [0, 0.05) is 18.7 Å². The number of rotatable bonds is 7. The van der Waals surface area contributed by atoms with Gasteiger partial charge in [0.05, 0.1) is 17.5 Å². The molecule has 4 nitrogen and oxygen atoms in total. The van der Waals surface area contributed by atoms with Gasteiger partial charge in [-0.15, -0.1) is 0 Å². The summed E-state index contributed by atoms with van der Waals surface area (Å²) in [5.74, 6) is -2.03. The molecule has 3 rings (SSSR count). The number of carboxylic acids is 1. The van der Waals surface area contributed by atoms with Crippen LogP contribution in [0.1, 0.15) is 39.5 Å². The van der Waals surface area contributed by atoms with Crippen LogP contribution >= 0.6 is 0 Å². The Bertz CT molecular complexity index is 1250. The van der Waals surface area contributed by atoms with E-state index in [1.54, 1.807) is 49.4 Å². The zero-order valence-corrected chi connectivity index (χ0v) is 19.0. The van der Waals surface area contributed by atoms with E-state index in [9.17, 15) is 35.9 Å². The Morgan fingerprint density at radius 1 is 0.833 bits per heavy atom. The molecule has 10 heteroatoms. The summed E-state index contributed by atoms with van der Waals surface area (Å²) in [6.45, 7) is 1.94. The van der Waals surface area contributed by atoms with E-state index in [0.29, 0.717) is 17.2 Å². The van der Waals surface area contributed by atoms with Crippen LogP contribution in [0, 0.1) is 0 Å². The summed E-state index contributed by atoms with van der Waals surface area (Å²) >= 11 is 0. The fourth-order valence-corrected chi connectivity index (χ4v) is 3.95. The number of halogens is 6. The molecule has 0 atom stereocenters. The van der Waals surface area contributed by atoms with Crippen molar-refractivity contribution in [3.05, 3.63) is 94.5 Å². The summed E-state index contributed by atoms with van der Waals surface area (Å²) in [5.41, 5.74) is -4.28. The number of hydrogen-bond donors (Lipinski definition) is 1. The molecule has 36 heavy (non-hydrogen) atoms. The maximum Gasteiger partial charge on any atom is 0.417 e. The second-order valence-electron chi connectivity index (χ2n) is 7.97. The van der Waals surface area contributed by atoms with E-state index in [1.807, 2.05) is 0 Å². The lowest BCUT2D eigenvalue weighted by atomic mass is 9.90. The lowest BCUT2D eigenvalue weighted by Crippen LogP contribution is -2.30. The highest BCUT2D eigenvalue weighted by atomic mass is 19.4. The van der Waals surface area contributed by atoms with Gasteiger partial charge >= 0.3 is 18.3 Å². The summed E-state index contributed by atoms with van der Waals surface area (Å²) < 4.78 is 82.2. The Morgan fingerprint density at radius 2 is 1.44 bits per heavy atom. The van der Waals surface area contributed by atoms with Gasteiger partial charge in [0.15, 0.2) is 0 Å². The van der Waals surface area contributed by atoms with Crippen LogP contribution in [0.2, 0.25) is 0 Å². The van der Waals surface area contributed by atoms with Crippen molar-refractivity contribution in [1.29, 1.82) is 0 Å². The maximum atomic E-state index is 13.8. The fourth-order valence-electron chi connectivity index (χ4n) is 3.95. The Kier molecular flexibility index (Phi) is 7.76. The predicted octanol–water partition coefficient (Wildman–Crippen LogP) is 6.68. The summed E-state index contributed by atoms with van der Waals surface area (Å²) in [7, 11) is 0. The number of carbonyl (C=O) groups is 2. The molecular weight excluding hydrogens is 488 g/mol. The van der Waals surface area contributed by atoms with Gasteiger partial charge in [0.2, 0.25) is 0 Å². The third-order valence-electron chi connectivity index (χ3n) is 5.53. The first kappa shape index (κ1) is 26.8. The minimum absolute atomic E-state index is 0.0307. The lowest BCUT2D eigenvalue weighted by molar-refractivity contribution is -0.162. The molecule has 0 aliphatic heterocycles. The van der Waals surface area contributed by atoms with Crippen molar-refractivity contribution >= 4 is 11.9 Å². The summed E-state index contributed by atoms with van der Waals surface area (Å²) in [6, 6.07) is 15.6. The summed E-state index contributed by atoms with van der Waals surface area (Å²) in [6.07, 6.45) is -12.1. The van der Waals surface area contributed by atoms with Crippen molar-refractivity contribution in [2.45, 2.75) is 32.2 Å². The second kappa shape index (κ2) is 10.4. The van der Waals surface area contributed by atoms with E-state index in [2.05, 4.69) is 0 Å². The zero-order valence-electron chi connectivity index (χ0n) is 19.0. The van der Waals surface area contributed by atoms with Crippen LogP contribution in [-0.2, 0) is 30.1 Å². The normalized spacial score (nSPS) is 11.9. The zero-order chi connectivity index (χ0) is 26.7. The Balaban J connectivity index is 2.16. The molecule has 1 N–H and O–H groups in total. The van der Waals surface area contributed by atoms with Crippen LogP contribution in [0.4, 0.5) is 26.3 Å². The molecule has 0 bridgehead atoms. The number of nitrogens with zero attached hydrogens (tertiary/aromatic N) is 1. The first-order chi connectivity index (χ1) is 16.8. The lowest BCUT2D eigenvalue weighted by Gasteiger charge is -2.24. The number of benzene rings is 3. The molecule has 0 aliphatic carbocycles. The highest BCUT2D eigenvalue weighted by molar-refractivity contribution is 5.94. The van der Waals surface area contributed by atoms with Crippen molar-refractivity contribution in [2.75, 3.05) is 6.54 Å². The van der Waals surface area contributed by atoms with Crippen molar-refractivity contribution in [2.24, 2.45) is 0 Å². The van der Waals surface area contributed by atoms with Crippen LogP contribution in [0.5, 0.6) is 0 Å². The molecule has 1 amide bonds. The number of hydrogen-bond acceptors (Lipinski definition) is 2. The molecule has 0 fully saturated rings. The maximum absolute atomic E-state index is 13.8. The van der Waals surface area contributed by atoms with E-state index < -0.39 is 41.4 Å². The van der Waals surface area contributed by atoms with Crippen molar-refractivity contribution < 1.29 is 41.0 Å². The van der Waals surface area contributed by atoms with Gasteiger partial charge in [-0.25, -0.2) is 0 Å². The van der Waals surface area contributed by atoms with Crippen LogP contribution in [0.25, 0.3) is 11.1 Å². The smallest absolute Gasteiger partial charge is 0.417 e. The topological polar surface area (TPSA) is 57.6 Å². The average molecular weight is 509 g/mol. The van der Waals surface area contributed by atoms with E-state index in [0.717, 1.165) is 6.07 Å². The van der Waals surface area contributed by atoms with Gasteiger partial charge in [0.25, 0.3) is 5.91 Å². The molecule has 190 valence electrons. The highest BCUT2D eigenvalue weighted by Crippen LogP contribution is 2.44. The molecule has 3 aromatic carbocycles. The third kappa shape index (κ3) is 6.05. The van der Waals surface area contributed by atoms with Gasteiger partial charge in [-0.1, -0.05) is 42.5 Å². The van der Waals surface area contributed by atoms with Gasteiger partial charge in [-0.3, -0.25) is 9.59 Å². The Morgan fingerprint density at radius 3 is 2.00 bits per heavy atom. The fraction of sp³-hybridized carbons (Fsp3) is 0.231. The third-order valence-corrected chi connectivity index (χ3v) is 5.53. The predicted molar refractivity (Wildman–Crippen MR) is 120 cm³/mol.